The largest absolute Gasteiger partial charge is 0.341 e. The zero-order valence-corrected chi connectivity index (χ0v) is 17.3. The average molecular weight is 402 g/mol. The van der Waals surface area contributed by atoms with Crippen LogP contribution in [0.2, 0.25) is 0 Å². The predicted octanol–water partition coefficient (Wildman–Crippen LogP) is 3.51. The van der Waals surface area contributed by atoms with Crippen molar-refractivity contribution < 1.29 is 13.6 Å². The van der Waals surface area contributed by atoms with Gasteiger partial charge >= 0.3 is 0 Å². The molecule has 0 spiro atoms. The summed E-state index contributed by atoms with van der Waals surface area (Å²) in [6, 6.07) is 1.00. The van der Waals surface area contributed by atoms with Crippen LogP contribution in [-0.2, 0) is 11.3 Å². The molecule has 0 radical (unpaired) electrons. The normalized spacial score (nSPS) is 19.6. The number of amides is 1. The van der Waals surface area contributed by atoms with Crippen molar-refractivity contribution in [2.45, 2.75) is 45.7 Å². The first-order valence-corrected chi connectivity index (χ1v) is 9.99. The van der Waals surface area contributed by atoms with Crippen LogP contribution < -0.4 is 5.32 Å². The fourth-order valence-corrected chi connectivity index (χ4v) is 3.80. The summed E-state index contributed by atoms with van der Waals surface area (Å²) in [5.74, 6) is -1.34. The van der Waals surface area contributed by atoms with E-state index in [0.29, 0.717) is 12.2 Å². The molecule has 156 valence electrons. The molecule has 0 saturated carbocycles. The van der Waals surface area contributed by atoms with Gasteiger partial charge in [0.05, 0.1) is 11.9 Å². The Balaban J connectivity index is 1.71. The Kier molecular flexibility index (Phi) is 6.47. The van der Waals surface area contributed by atoms with Crippen molar-refractivity contribution >= 4 is 5.91 Å². The third kappa shape index (κ3) is 4.40. The second-order valence-corrected chi connectivity index (χ2v) is 7.66. The molecular weight excluding hydrogens is 374 g/mol. The molecule has 29 heavy (non-hydrogen) atoms. The number of aromatic nitrogens is 1. The Bertz CT molecular complexity index is 878. The number of hydrogen-bond donors (Lipinski definition) is 1. The van der Waals surface area contributed by atoms with E-state index in [-0.39, 0.29) is 24.2 Å². The molecule has 1 aromatic rings. The van der Waals surface area contributed by atoms with Crippen LogP contribution in [0.25, 0.3) is 0 Å². The van der Waals surface area contributed by atoms with E-state index in [1.807, 2.05) is 30.0 Å². The molecular formula is C22H28F2N4O. The van der Waals surface area contributed by atoms with E-state index in [2.05, 4.69) is 23.8 Å². The Morgan fingerprint density at radius 3 is 2.79 bits per heavy atom. The fraction of sp³-hybridized carbons (Fsp3) is 0.455. The summed E-state index contributed by atoms with van der Waals surface area (Å²) in [6.45, 7) is 9.58. The summed E-state index contributed by atoms with van der Waals surface area (Å²) in [6.07, 6.45) is 6.12. The highest BCUT2D eigenvalue weighted by Crippen LogP contribution is 2.33. The molecule has 2 aliphatic heterocycles. The number of nitrogens with zero attached hydrogens (tertiary/aromatic N) is 3. The van der Waals surface area contributed by atoms with Crippen molar-refractivity contribution in [2.24, 2.45) is 0 Å². The van der Waals surface area contributed by atoms with Gasteiger partial charge in [-0.05, 0) is 30.1 Å². The lowest BCUT2D eigenvalue weighted by Gasteiger charge is -2.43. The van der Waals surface area contributed by atoms with Crippen molar-refractivity contribution in [3.05, 3.63) is 64.8 Å². The topological polar surface area (TPSA) is 48.5 Å². The predicted molar refractivity (Wildman–Crippen MR) is 109 cm³/mol. The molecule has 1 aromatic heterocycles. The second kappa shape index (κ2) is 8.86. The average Bonchev–Trinajstić information content (AvgIpc) is 2.68. The van der Waals surface area contributed by atoms with Crippen LogP contribution in [0.1, 0.15) is 38.8 Å². The summed E-state index contributed by atoms with van der Waals surface area (Å²) in [7, 11) is 1.87. The SMILES string of the molecule is C=C1C(CNCc2ncc(F)cc2F)=CN2CC(CCCC)N(C)C(=O)C2=C1C. The van der Waals surface area contributed by atoms with E-state index < -0.39 is 11.6 Å². The van der Waals surface area contributed by atoms with Crippen molar-refractivity contribution in [1.29, 1.82) is 0 Å². The first-order chi connectivity index (χ1) is 13.8. The van der Waals surface area contributed by atoms with Crippen LogP contribution in [0.15, 0.2) is 47.5 Å². The van der Waals surface area contributed by atoms with Crippen molar-refractivity contribution in [3.63, 3.8) is 0 Å². The van der Waals surface area contributed by atoms with Gasteiger partial charge in [-0.3, -0.25) is 9.78 Å². The lowest BCUT2D eigenvalue weighted by Crippen LogP contribution is -2.53. The lowest BCUT2D eigenvalue weighted by atomic mass is 9.92. The summed E-state index contributed by atoms with van der Waals surface area (Å²) in [4.78, 5) is 20.6. The van der Waals surface area contributed by atoms with E-state index in [1.54, 1.807) is 0 Å². The molecule has 1 atom stereocenters. The van der Waals surface area contributed by atoms with Crippen molar-refractivity contribution in [2.75, 3.05) is 20.1 Å². The highest BCUT2D eigenvalue weighted by Gasteiger charge is 2.36. The molecule has 2 aliphatic rings. The van der Waals surface area contributed by atoms with Gasteiger partial charge in [-0.1, -0.05) is 26.3 Å². The van der Waals surface area contributed by atoms with Crippen LogP contribution >= 0.6 is 0 Å². The van der Waals surface area contributed by atoms with Gasteiger partial charge in [0.2, 0.25) is 0 Å². The van der Waals surface area contributed by atoms with E-state index in [9.17, 15) is 13.6 Å². The number of carbonyl (C=O) groups is 1. The first kappa shape index (κ1) is 21.2. The molecule has 1 fully saturated rings. The number of carbonyl (C=O) groups excluding carboxylic acids is 1. The molecule has 0 aromatic carbocycles. The zero-order valence-electron chi connectivity index (χ0n) is 17.3. The maximum atomic E-state index is 13.8. The third-order valence-electron chi connectivity index (χ3n) is 5.66. The standard InChI is InChI=1S/C22H28F2N4O/c1-5-6-7-18-13-28-12-16(14(2)15(3)21(28)22(29)27(18)4)9-25-11-20-19(24)8-17(23)10-26-20/h8,10,12,18,25H,2,5-7,9,11,13H2,1,3-4H3. The van der Waals surface area contributed by atoms with Crippen LogP contribution in [0.5, 0.6) is 0 Å². The lowest BCUT2D eigenvalue weighted by molar-refractivity contribution is -0.132. The Morgan fingerprint density at radius 1 is 1.34 bits per heavy atom. The number of nitrogens with one attached hydrogen (secondary N) is 1. The van der Waals surface area contributed by atoms with Gasteiger partial charge < -0.3 is 15.1 Å². The van der Waals surface area contributed by atoms with Crippen LogP contribution in [-0.4, -0.2) is 46.9 Å². The van der Waals surface area contributed by atoms with E-state index in [4.69, 9.17) is 0 Å². The quantitative estimate of drug-likeness (QED) is 0.758. The van der Waals surface area contributed by atoms with Gasteiger partial charge in [0.25, 0.3) is 5.91 Å². The van der Waals surface area contributed by atoms with E-state index in [1.165, 1.54) is 0 Å². The monoisotopic (exact) mass is 402 g/mol. The number of pyridine rings is 1. The molecule has 1 unspecified atom stereocenters. The molecule has 1 N–H and O–H groups in total. The maximum absolute atomic E-state index is 13.8. The molecule has 1 saturated heterocycles. The summed E-state index contributed by atoms with van der Waals surface area (Å²) >= 11 is 0. The highest BCUT2D eigenvalue weighted by atomic mass is 19.1. The number of fused-ring (bicyclic) bond motifs is 1. The zero-order chi connectivity index (χ0) is 21.1. The fourth-order valence-electron chi connectivity index (χ4n) is 3.80. The number of hydrogen-bond acceptors (Lipinski definition) is 4. The minimum Gasteiger partial charge on any atom is -0.341 e. The Morgan fingerprint density at radius 2 is 2.10 bits per heavy atom. The van der Waals surface area contributed by atoms with Crippen LogP contribution in [0.3, 0.4) is 0 Å². The van der Waals surface area contributed by atoms with E-state index >= 15 is 0 Å². The number of unbranched alkanes of at least 4 members (excludes halogenated alkanes) is 1. The molecule has 7 heteroatoms. The molecule has 1 amide bonds. The second-order valence-electron chi connectivity index (χ2n) is 7.66. The summed E-state index contributed by atoms with van der Waals surface area (Å²) < 4.78 is 26.8. The van der Waals surface area contributed by atoms with Crippen molar-refractivity contribution in [1.82, 2.24) is 20.1 Å². The molecule has 0 bridgehead atoms. The highest BCUT2D eigenvalue weighted by molar-refractivity contribution is 5.96. The van der Waals surface area contributed by atoms with Gasteiger partial charge in [0, 0.05) is 45.0 Å². The first-order valence-electron chi connectivity index (χ1n) is 9.99. The number of rotatable bonds is 7. The summed E-state index contributed by atoms with van der Waals surface area (Å²) in [5, 5.41) is 3.14. The number of halogens is 2. The van der Waals surface area contributed by atoms with Crippen LogP contribution in [0.4, 0.5) is 8.78 Å². The Labute approximate surface area is 170 Å². The smallest absolute Gasteiger partial charge is 0.270 e. The number of piperazine rings is 1. The van der Waals surface area contributed by atoms with Gasteiger partial charge in [-0.25, -0.2) is 8.78 Å². The minimum atomic E-state index is -0.694. The van der Waals surface area contributed by atoms with E-state index in [0.717, 1.165) is 54.8 Å². The molecule has 3 rings (SSSR count). The van der Waals surface area contributed by atoms with Gasteiger partial charge in [0.15, 0.2) is 0 Å². The number of allylic oxidation sites excluding steroid dienone is 1. The third-order valence-corrected chi connectivity index (χ3v) is 5.66. The maximum Gasteiger partial charge on any atom is 0.270 e. The number of likely N-dealkylation sites (N-methyl/N-ethyl adjacent to an activating group) is 1. The molecule has 3 heterocycles. The van der Waals surface area contributed by atoms with Gasteiger partial charge in [0.1, 0.15) is 17.3 Å². The van der Waals surface area contributed by atoms with Gasteiger partial charge in [-0.2, -0.15) is 0 Å². The Hall–Kier alpha value is -2.54. The molecule has 0 aliphatic carbocycles. The molecule has 5 nitrogen and oxygen atoms in total. The van der Waals surface area contributed by atoms with Gasteiger partial charge in [-0.15, -0.1) is 0 Å². The van der Waals surface area contributed by atoms with Crippen LogP contribution in [0, 0.1) is 11.6 Å². The minimum absolute atomic E-state index is 0.0249. The van der Waals surface area contributed by atoms with Crippen molar-refractivity contribution in [3.8, 4) is 0 Å². The summed E-state index contributed by atoms with van der Waals surface area (Å²) in [5.41, 5.74) is 3.45.